The Bertz CT molecular complexity index is 2230. The van der Waals surface area contributed by atoms with Gasteiger partial charge in [0.15, 0.2) is 0 Å². The number of aromatic nitrogens is 2. The van der Waals surface area contributed by atoms with Crippen LogP contribution in [-0.2, 0) is 22.3 Å². The van der Waals surface area contributed by atoms with Gasteiger partial charge >= 0.3 is 24.1 Å². The van der Waals surface area contributed by atoms with Crippen LogP contribution < -0.4 is 10.6 Å². The van der Waals surface area contributed by atoms with E-state index in [4.69, 9.17) is 9.47 Å². The van der Waals surface area contributed by atoms with Crippen molar-refractivity contribution in [2.24, 2.45) is 0 Å². The molecular weight excluding hydrogens is 772 g/mol. The summed E-state index contributed by atoms with van der Waals surface area (Å²) in [6.45, 7) is 9.57. The van der Waals surface area contributed by atoms with E-state index >= 15 is 17.6 Å². The first-order valence-corrected chi connectivity index (χ1v) is 19.7. The Labute approximate surface area is 330 Å². The molecule has 7 rings (SSSR count). The molecule has 4 aromatic rings. The third-order valence-electron chi connectivity index (χ3n) is 10.3. The van der Waals surface area contributed by atoms with Gasteiger partial charge in [0.1, 0.15) is 29.7 Å². The molecule has 3 aliphatic rings. The van der Waals surface area contributed by atoms with Gasteiger partial charge in [-0.25, -0.2) is 23.2 Å². The van der Waals surface area contributed by atoms with E-state index in [0.29, 0.717) is 38.8 Å². The van der Waals surface area contributed by atoms with Crippen LogP contribution in [-0.4, -0.2) is 106 Å². The van der Waals surface area contributed by atoms with Crippen LogP contribution in [0.4, 0.5) is 37.4 Å². The molecule has 0 saturated carbocycles. The number of nitrogens with zero attached hydrogens (tertiary/aromatic N) is 6. The van der Waals surface area contributed by atoms with Crippen LogP contribution in [0.1, 0.15) is 44.9 Å². The Hall–Kier alpha value is -4.90. The molecule has 57 heavy (non-hydrogen) atoms. The fourth-order valence-corrected chi connectivity index (χ4v) is 8.94. The lowest BCUT2D eigenvalue weighted by atomic mass is 9.95. The van der Waals surface area contributed by atoms with E-state index in [1.807, 2.05) is 30.3 Å². The number of hydrogen-bond acceptors (Lipinski definition) is 9. The second kappa shape index (κ2) is 15.8. The molecule has 0 aliphatic carbocycles. The summed E-state index contributed by atoms with van der Waals surface area (Å²) in [5.74, 6) is -1.94. The lowest BCUT2D eigenvalue weighted by Gasteiger charge is -2.42. The topological polar surface area (TPSA) is 100 Å². The number of piperazine rings is 2. The van der Waals surface area contributed by atoms with Crippen molar-refractivity contribution in [1.82, 2.24) is 24.3 Å². The van der Waals surface area contributed by atoms with E-state index in [0.717, 1.165) is 35.5 Å². The van der Waals surface area contributed by atoms with Crippen LogP contribution in [0.3, 0.4) is 0 Å². The van der Waals surface area contributed by atoms with Gasteiger partial charge in [-0.3, -0.25) is 9.47 Å². The molecule has 2 amide bonds. The van der Waals surface area contributed by atoms with E-state index in [9.17, 15) is 18.8 Å². The number of carbonyl (C=O) groups is 2. The first-order valence-electron chi connectivity index (χ1n) is 18.7. The Morgan fingerprint density at radius 3 is 2.26 bits per heavy atom. The van der Waals surface area contributed by atoms with Crippen LogP contribution in [0.2, 0.25) is 0 Å². The van der Waals surface area contributed by atoms with Crippen molar-refractivity contribution in [3.05, 3.63) is 87.8 Å². The summed E-state index contributed by atoms with van der Waals surface area (Å²) in [4.78, 5) is 51.4. The fourth-order valence-electron chi connectivity index (χ4n) is 7.61. The lowest BCUT2D eigenvalue weighted by Crippen LogP contribution is -2.55. The summed E-state index contributed by atoms with van der Waals surface area (Å²) in [6.07, 6.45) is -5.95. The third-order valence-corrected chi connectivity index (χ3v) is 11.5. The summed E-state index contributed by atoms with van der Waals surface area (Å²) < 4.78 is 87.3. The minimum Gasteiger partial charge on any atom is -0.445 e. The molecular formula is C40H43F5N6O5S. The Kier molecular flexibility index (Phi) is 11.2. The minimum absolute atomic E-state index is 0.0179. The SMILES string of the molecule is C[C@H]1CN(C(=O)OC(C)(C)C)CCN1c1nc(=O)n2c3c(c(-c4ccc(F)cc4F)c(C(F)(F)F)cc13)SC[C@@H]2CN1CCN(C(=O)OCc2ccccc2)CC1. The molecule has 4 heterocycles. The largest absolute Gasteiger partial charge is 0.445 e. The fraction of sp³-hybridized carbons (Fsp3) is 0.450. The lowest BCUT2D eigenvalue weighted by molar-refractivity contribution is -0.137. The zero-order valence-corrected chi connectivity index (χ0v) is 32.8. The highest BCUT2D eigenvalue weighted by Gasteiger charge is 2.41. The summed E-state index contributed by atoms with van der Waals surface area (Å²) in [6, 6.07) is 11.6. The van der Waals surface area contributed by atoms with Gasteiger partial charge in [0.25, 0.3) is 0 Å². The van der Waals surface area contributed by atoms with Gasteiger partial charge in [0.05, 0.1) is 17.1 Å². The highest BCUT2D eigenvalue weighted by Crippen LogP contribution is 2.50. The molecule has 0 unspecified atom stereocenters. The van der Waals surface area contributed by atoms with E-state index in [1.54, 1.807) is 37.5 Å². The monoisotopic (exact) mass is 814 g/mol. The summed E-state index contributed by atoms with van der Waals surface area (Å²) in [5, 5.41) is 0.0453. The molecule has 304 valence electrons. The van der Waals surface area contributed by atoms with E-state index in [2.05, 4.69) is 9.88 Å². The van der Waals surface area contributed by atoms with Crippen molar-refractivity contribution in [3.63, 3.8) is 0 Å². The predicted octanol–water partition coefficient (Wildman–Crippen LogP) is 7.41. The Morgan fingerprint density at radius 2 is 1.61 bits per heavy atom. The Morgan fingerprint density at radius 1 is 0.912 bits per heavy atom. The van der Waals surface area contributed by atoms with Gasteiger partial charge in [-0.2, -0.15) is 18.2 Å². The van der Waals surface area contributed by atoms with Crippen LogP contribution in [0.15, 0.2) is 64.3 Å². The molecule has 2 saturated heterocycles. The average Bonchev–Trinajstić information content (AvgIpc) is 3.15. The second-order valence-corrected chi connectivity index (χ2v) is 16.5. The van der Waals surface area contributed by atoms with Crippen molar-refractivity contribution in [2.75, 3.05) is 63.0 Å². The molecule has 0 radical (unpaired) electrons. The number of ether oxygens (including phenoxy) is 2. The van der Waals surface area contributed by atoms with Crippen molar-refractivity contribution in [2.45, 2.75) is 63.1 Å². The highest BCUT2D eigenvalue weighted by molar-refractivity contribution is 7.99. The molecule has 1 aromatic heterocycles. The maximum atomic E-state index is 15.5. The molecule has 2 atom stereocenters. The van der Waals surface area contributed by atoms with Gasteiger partial charge in [0.2, 0.25) is 0 Å². The van der Waals surface area contributed by atoms with E-state index < -0.39 is 70.1 Å². The maximum Gasteiger partial charge on any atom is 0.417 e. The average molecular weight is 815 g/mol. The molecule has 0 spiro atoms. The number of amides is 2. The number of hydrogen-bond donors (Lipinski definition) is 0. The minimum atomic E-state index is -4.97. The number of halogens is 5. The maximum absolute atomic E-state index is 15.5. The molecule has 11 nitrogen and oxygen atoms in total. The van der Waals surface area contributed by atoms with Gasteiger partial charge in [-0.15, -0.1) is 11.8 Å². The molecule has 3 aromatic carbocycles. The molecule has 0 bridgehead atoms. The molecule has 17 heteroatoms. The predicted molar refractivity (Wildman–Crippen MR) is 205 cm³/mol. The van der Waals surface area contributed by atoms with Gasteiger partial charge in [-0.1, -0.05) is 30.3 Å². The quantitative estimate of drug-likeness (QED) is 0.184. The standard InChI is InChI=1S/C40H43F5N6O5S/c1-24-20-49(38(54)56-39(2,3)4)16-17-50(24)35-29-19-30(40(43,44)45)32(28-11-10-26(41)18-31(28)42)34-33(29)51(36(52)46-35)27(23-57-34)21-47-12-14-48(15-13-47)37(53)55-22-25-8-6-5-7-9-25/h5-11,18-19,24,27H,12-17,20-23H2,1-4H3/t24-,27-/m0/s1. The smallest absolute Gasteiger partial charge is 0.417 e. The molecule has 3 aliphatic heterocycles. The first kappa shape index (κ1) is 40.3. The van der Waals surface area contributed by atoms with Crippen molar-refractivity contribution >= 4 is 40.7 Å². The van der Waals surface area contributed by atoms with Crippen LogP contribution >= 0.6 is 11.8 Å². The number of rotatable bonds is 6. The number of alkyl halides is 3. The summed E-state index contributed by atoms with van der Waals surface area (Å²) >= 11 is 1.08. The summed E-state index contributed by atoms with van der Waals surface area (Å²) in [7, 11) is 0. The van der Waals surface area contributed by atoms with Gasteiger partial charge < -0.3 is 24.2 Å². The van der Waals surface area contributed by atoms with Crippen LogP contribution in [0, 0.1) is 11.6 Å². The molecule has 0 N–H and O–H groups in total. The number of carbonyl (C=O) groups excluding carboxylic acids is 2. The zero-order valence-electron chi connectivity index (χ0n) is 31.9. The number of thioether (sulfide) groups is 1. The second-order valence-electron chi connectivity index (χ2n) is 15.5. The number of anilines is 1. The van der Waals surface area contributed by atoms with Crippen molar-refractivity contribution in [3.8, 4) is 11.1 Å². The Balaban J connectivity index is 1.24. The van der Waals surface area contributed by atoms with Crippen LogP contribution in [0.25, 0.3) is 22.0 Å². The highest BCUT2D eigenvalue weighted by atomic mass is 32.2. The zero-order chi connectivity index (χ0) is 40.8. The van der Waals surface area contributed by atoms with Crippen molar-refractivity contribution in [1.29, 1.82) is 0 Å². The van der Waals surface area contributed by atoms with E-state index in [-0.39, 0.29) is 53.6 Å². The first-order chi connectivity index (χ1) is 27.0. The van der Waals surface area contributed by atoms with Gasteiger partial charge in [-0.05, 0) is 51.5 Å². The van der Waals surface area contributed by atoms with Gasteiger partial charge in [0, 0.05) is 91.6 Å². The molecule has 2 fully saturated rings. The third kappa shape index (κ3) is 8.54. The van der Waals surface area contributed by atoms with Crippen molar-refractivity contribution < 1.29 is 41.0 Å². The summed E-state index contributed by atoms with van der Waals surface area (Å²) in [5.41, 5.74) is -2.48. The van der Waals surface area contributed by atoms with E-state index in [1.165, 1.54) is 9.47 Å². The van der Waals surface area contributed by atoms with Crippen LogP contribution in [0.5, 0.6) is 0 Å². The normalized spacial score (nSPS) is 19.2. The number of benzene rings is 3.